The minimum absolute atomic E-state index is 0.691. The van der Waals surface area contributed by atoms with Gasteiger partial charge in [0.2, 0.25) is 17.7 Å². The molecular weight excluding hydrogens is 754 g/mol. The Morgan fingerprint density at radius 1 is 0.527 bits per heavy atom. The van der Waals surface area contributed by atoms with Gasteiger partial charge in [-0.2, -0.15) is 0 Å². The largest absolute Gasteiger partial charge is 0.479 e. The number of aliphatic carboxylic acids is 2. The number of carboxylic acids is 2. The Morgan fingerprint density at radius 2 is 0.982 bits per heavy atom. The van der Waals surface area contributed by atoms with Crippen molar-refractivity contribution in [2.75, 3.05) is 6.61 Å². The van der Waals surface area contributed by atoms with E-state index in [4.69, 9.17) is 33.2 Å². The minimum Gasteiger partial charge on any atom is -0.479 e. The Balaban J connectivity index is 1.63. The highest BCUT2D eigenvalue weighted by molar-refractivity contribution is 5.75. The number of hydrogen-bond donors (Lipinski definition) is 13. The van der Waals surface area contributed by atoms with Crippen molar-refractivity contribution in [2.45, 2.75) is 150 Å². The molecule has 0 unspecified atom stereocenters. The van der Waals surface area contributed by atoms with Gasteiger partial charge < -0.3 is 100 Å². The molecular formula is C30H47N3O22. The highest BCUT2D eigenvalue weighted by atomic mass is 16.8. The number of aliphatic hydroxyl groups excluding tert-OH is 8. The number of ether oxygens (including phenoxy) is 7. The Morgan fingerprint density at radius 3 is 1.49 bits per heavy atom. The van der Waals surface area contributed by atoms with E-state index in [2.05, 4.69) is 16.0 Å². The van der Waals surface area contributed by atoms with Crippen LogP contribution in [-0.2, 0) is 57.1 Å². The fraction of sp³-hybridized carbons (Fsp3) is 0.833. The molecule has 0 aromatic carbocycles. The van der Waals surface area contributed by atoms with Crippen LogP contribution in [0.2, 0.25) is 0 Å². The molecule has 0 saturated carbocycles. The molecule has 20 atom stereocenters. The monoisotopic (exact) mass is 801 g/mol. The molecule has 13 N–H and O–H groups in total. The van der Waals surface area contributed by atoms with Crippen molar-refractivity contribution in [1.82, 2.24) is 16.0 Å². The molecule has 3 amide bonds. The topological polar surface area (TPSA) is 388 Å². The molecule has 4 aliphatic rings. The van der Waals surface area contributed by atoms with Crippen LogP contribution in [0.1, 0.15) is 27.7 Å². The number of hydrogen-bond acceptors (Lipinski definition) is 20. The predicted molar refractivity (Wildman–Crippen MR) is 168 cm³/mol. The standard InChI is InChI=1S/C30H47N3O22/c1-6-14(38)21(13(27(48)49-6)33-9(4)37)52-29-12(32-8(3)36)16(40)22(24(55-29)26(46)47)53-28-11(31-7(2)35)15(39)20(10(5-34)50-28)51-30-19(43)17(41)18(42)23(54-30)25(44)45/h6,10-24,27-30,34,38-43,48H,5H2,1-4H3,(H,31,35)(H,32,36)(H,33,37)(H,44,45)(H,46,47)/t6-,10-,11-,12-,13-,14-,15-,16-,17+,18+,19-,20+,21-,22-,23+,24+,27-,28+,29+,30+/m1/s1. The van der Waals surface area contributed by atoms with Crippen molar-refractivity contribution in [3.63, 3.8) is 0 Å². The van der Waals surface area contributed by atoms with Crippen LogP contribution in [0, 0.1) is 0 Å². The first-order valence-electron chi connectivity index (χ1n) is 16.9. The van der Waals surface area contributed by atoms with E-state index in [1.54, 1.807) is 0 Å². The van der Waals surface area contributed by atoms with E-state index in [-0.39, 0.29) is 0 Å². The number of aliphatic hydroxyl groups is 8. The Labute approximate surface area is 310 Å². The molecule has 25 nitrogen and oxygen atoms in total. The summed E-state index contributed by atoms with van der Waals surface area (Å²) in [6, 6.07) is -4.97. The van der Waals surface area contributed by atoms with Crippen molar-refractivity contribution in [3.8, 4) is 0 Å². The van der Waals surface area contributed by atoms with Crippen LogP contribution in [-0.4, -0.2) is 210 Å². The molecule has 4 heterocycles. The molecule has 4 fully saturated rings. The highest BCUT2D eigenvalue weighted by Crippen LogP contribution is 2.34. The van der Waals surface area contributed by atoms with Gasteiger partial charge in [0.25, 0.3) is 0 Å². The second-order valence-corrected chi connectivity index (χ2v) is 13.4. The normalized spacial score (nSPS) is 44.9. The number of nitrogens with one attached hydrogen (secondary N) is 3. The molecule has 4 aliphatic heterocycles. The molecule has 25 heteroatoms. The first kappa shape index (κ1) is 44.5. The minimum atomic E-state index is -2.23. The van der Waals surface area contributed by atoms with Gasteiger partial charge in [0.1, 0.15) is 79.2 Å². The second kappa shape index (κ2) is 18.3. The van der Waals surface area contributed by atoms with E-state index >= 15 is 0 Å². The summed E-state index contributed by atoms with van der Waals surface area (Å²) < 4.78 is 38.9. The smallest absolute Gasteiger partial charge is 0.335 e. The summed E-state index contributed by atoms with van der Waals surface area (Å²) in [5.74, 6) is -5.92. The lowest BCUT2D eigenvalue weighted by molar-refractivity contribution is -0.361. The highest BCUT2D eigenvalue weighted by Gasteiger charge is 2.57. The van der Waals surface area contributed by atoms with Gasteiger partial charge in [-0.15, -0.1) is 0 Å². The first-order valence-corrected chi connectivity index (χ1v) is 16.9. The van der Waals surface area contributed by atoms with Crippen LogP contribution in [0.3, 0.4) is 0 Å². The predicted octanol–water partition coefficient (Wildman–Crippen LogP) is -8.11. The molecule has 0 aliphatic carbocycles. The van der Waals surface area contributed by atoms with Crippen molar-refractivity contribution in [3.05, 3.63) is 0 Å². The number of carbonyl (C=O) groups is 5. The zero-order chi connectivity index (χ0) is 41.2. The molecule has 314 valence electrons. The van der Waals surface area contributed by atoms with Gasteiger partial charge in [-0.05, 0) is 6.92 Å². The average molecular weight is 802 g/mol. The number of rotatable bonds is 12. The number of carboxylic acid groups (broad SMARTS) is 2. The van der Waals surface area contributed by atoms with E-state index in [1.165, 1.54) is 6.92 Å². The SMILES string of the molecule is CC(=O)N[C@@H]1[C@@H](O[C@H]2O[C@H](C(=O)O)[C@H](O[C@@H]3O[C@H](CO)[C@H](O[C@H]4O[C@H](C(=O)O)[C@@H](O)[C@H](O)[C@H]4O)[C@H](O)[C@H]3NC(C)=O)[C@H](O)[C@H]2NC(C)=O)[C@H](O)[C@@H](C)O[C@H]1O. The molecule has 0 bridgehead atoms. The Hall–Kier alpha value is -3.25. The zero-order valence-electron chi connectivity index (χ0n) is 29.6. The van der Waals surface area contributed by atoms with Gasteiger partial charge >= 0.3 is 11.9 Å². The third-order valence-corrected chi connectivity index (χ3v) is 9.30. The molecule has 0 aromatic rings. The van der Waals surface area contributed by atoms with E-state index in [9.17, 15) is 75.0 Å². The average Bonchev–Trinajstić information content (AvgIpc) is 3.09. The zero-order valence-corrected chi connectivity index (χ0v) is 29.6. The summed E-state index contributed by atoms with van der Waals surface area (Å²) >= 11 is 0. The number of amides is 3. The van der Waals surface area contributed by atoms with Crippen LogP contribution in [0.15, 0.2) is 0 Å². The third-order valence-electron chi connectivity index (χ3n) is 9.30. The number of carbonyl (C=O) groups excluding carboxylic acids is 3. The van der Waals surface area contributed by atoms with Crippen molar-refractivity contribution < 1.29 is 108 Å². The maximum absolute atomic E-state index is 12.6. The molecule has 4 saturated heterocycles. The fourth-order valence-corrected chi connectivity index (χ4v) is 6.66. The maximum Gasteiger partial charge on any atom is 0.335 e. The Bertz CT molecular complexity index is 1390. The van der Waals surface area contributed by atoms with E-state index in [0.717, 1.165) is 20.8 Å². The quantitative estimate of drug-likeness (QED) is 0.0871. The van der Waals surface area contributed by atoms with Crippen LogP contribution >= 0.6 is 0 Å². The molecule has 55 heavy (non-hydrogen) atoms. The van der Waals surface area contributed by atoms with Gasteiger partial charge in [-0.25, -0.2) is 9.59 Å². The molecule has 0 spiro atoms. The third kappa shape index (κ3) is 9.83. The Kier molecular flexibility index (Phi) is 14.8. The van der Waals surface area contributed by atoms with Crippen LogP contribution in [0.5, 0.6) is 0 Å². The lowest BCUT2D eigenvalue weighted by Gasteiger charge is -2.50. The van der Waals surface area contributed by atoms with Crippen molar-refractivity contribution >= 4 is 29.7 Å². The summed E-state index contributed by atoms with van der Waals surface area (Å²) in [6.45, 7) is 3.41. The van der Waals surface area contributed by atoms with Crippen molar-refractivity contribution in [2.24, 2.45) is 0 Å². The summed E-state index contributed by atoms with van der Waals surface area (Å²) in [5, 5.41) is 112. The van der Waals surface area contributed by atoms with Crippen molar-refractivity contribution in [1.29, 1.82) is 0 Å². The van der Waals surface area contributed by atoms with Crippen LogP contribution in [0.25, 0.3) is 0 Å². The first-order chi connectivity index (χ1) is 25.7. The van der Waals surface area contributed by atoms with Gasteiger partial charge in [0.15, 0.2) is 37.4 Å². The van der Waals surface area contributed by atoms with Crippen LogP contribution in [0.4, 0.5) is 0 Å². The molecule has 0 aromatic heterocycles. The lowest BCUT2D eigenvalue weighted by Crippen LogP contribution is -2.71. The second-order valence-electron chi connectivity index (χ2n) is 13.4. The summed E-state index contributed by atoms with van der Waals surface area (Å²) in [5.41, 5.74) is 0. The lowest BCUT2D eigenvalue weighted by atomic mass is 9.93. The van der Waals surface area contributed by atoms with Gasteiger partial charge in [0.05, 0.1) is 12.7 Å². The fourth-order valence-electron chi connectivity index (χ4n) is 6.66. The summed E-state index contributed by atoms with van der Waals surface area (Å²) in [4.78, 5) is 60.7. The summed E-state index contributed by atoms with van der Waals surface area (Å²) in [6.07, 6.45) is -32.5. The van der Waals surface area contributed by atoms with E-state index in [1.807, 2.05) is 0 Å². The van der Waals surface area contributed by atoms with E-state index in [0.29, 0.717) is 0 Å². The maximum atomic E-state index is 12.6. The van der Waals surface area contributed by atoms with Crippen LogP contribution < -0.4 is 16.0 Å². The van der Waals surface area contributed by atoms with Gasteiger partial charge in [-0.1, -0.05) is 0 Å². The molecule has 0 radical (unpaired) electrons. The van der Waals surface area contributed by atoms with E-state index < -0.39 is 159 Å². The molecule has 4 rings (SSSR count). The van der Waals surface area contributed by atoms with Gasteiger partial charge in [-0.3, -0.25) is 14.4 Å². The van der Waals surface area contributed by atoms with Gasteiger partial charge in [0, 0.05) is 20.8 Å². The summed E-state index contributed by atoms with van der Waals surface area (Å²) in [7, 11) is 0.